The maximum Gasteiger partial charge on any atom is 0.479 e. The SMILES string of the molecule is CP(=O)(O)OP(=O)(O)OCC1=C(O)C(O)[C@H](n2cc(C(F)(F)F)c(N)nc2=O)O1. The summed E-state index contributed by atoms with van der Waals surface area (Å²) in [5, 5.41) is 19.8. The number of nitrogen functional groups attached to an aromatic ring is 1. The molecule has 29 heavy (non-hydrogen) atoms. The van der Waals surface area contributed by atoms with Gasteiger partial charge in [0.05, 0.1) is 0 Å². The molecule has 2 rings (SSSR count). The average molecular weight is 467 g/mol. The molecule has 0 bridgehead atoms. The molecule has 1 aliphatic rings. The first-order chi connectivity index (χ1) is 13.0. The van der Waals surface area contributed by atoms with Gasteiger partial charge in [0.15, 0.2) is 17.6 Å². The van der Waals surface area contributed by atoms with Gasteiger partial charge in [-0.3, -0.25) is 13.7 Å². The van der Waals surface area contributed by atoms with Crippen LogP contribution in [0.25, 0.3) is 0 Å². The highest BCUT2D eigenvalue weighted by Crippen LogP contribution is 2.58. The van der Waals surface area contributed by atoms with Gasteiger partial charge in [-0.15, -0.1) is 0 Å². The van der Waals surface area contributed by atoms with Crippen molar-refractivity contribution in [1.29, 1.82) is 0 Å². The lowest BCUT2D eigenvalue weighted by atomic mass is 10.2. The number of hydrogen-bond acceptors (Lipinski definition) is 10. The predicted octanol–water partition coefficient (Wildman–Crippen LogP) is 0.452. The van der Waals surface area contributed by atoms with Crippen molar-refractivity contribution in [1.82, 2.24) is 9.55 Å². The fourth-order valence-electron chi connectivity index (χ4n) is 2.12. The van der Waals surface area contributed by atoms with Crippen molar-refractivity contribution in [2.45, 2.75) is 18.5 Å². The standard InChI is InChI=1S/C11H14F3N3O10P2/c1-28(21,22)27-29(23,24)25-3-5-6(18)7(19)9(26-5)17-2-4(11(12,13)14)8(15)16-10(17)20/h2,7,9,18-19H,3H2,1H3,(H,21,22)(H,23,24)(H2,15,16,20)/t7?,9-/m1/s1. The summed E-state index contributed by atoms with van der Waals surface area (Å²) in [5.74, 6) is -2.93. The van der Waals surface area contributed by atoms with Gasteiger partial charge in [-0.1, -0.05) is 0 Å². The lowest BCUT2D eigenvalue weighted by Gasteiger charge is -2.20. The number of aliphatic hydroxyl groups excluding tert-OH is 2. The van der Waals surface area contributed by atoms with E-state index in [1.807, 2.05) is 0 Å². The second-order valence-corrected chi connectivity index (χ2v) is 9.07. The van der Waals surface area contributed by atoms with Crippen LogP contribution in [-0.2, 0) is 28.9 Å². The van der Waals surface area contributed by atoms with E-state index in [4.69, 9.17) is 15.4 Å². The zero-order valence-electron chi connectivity index (χ0n) is 14.2. The van der Waals surface area contributed by atoms with Gasteiger partial charge in [0.2, 0.25) is 6.23 Å². The van der Waals surface area contributed by atoms with Gasteiger partial charge in [-0.2, -0.15) is 18.2 Å². The molecular weight excluding hydrogens is 453 g/mol. The summed E-state index contributed by atoms with van der Waals surface area (Å²) < 4.78 is 74.7. The molecular formula is C11H14F3N3O10P2. The first kappa shape index (κ1) is 23.3. The van der Waals surface area contributed by atoms with E-state index in [9.17, 15) is 42.2 Å². The van der Waals surface area contributed by atoms with E-state index >= 15 is 0 Å². The van der Waals surface area contributed by atoms with Gasteiger partial charge in [-0.25, -0.2) is 13.7 Å². The molecule has 1 aromatic rings. The van der Waals surface area contributed by atoms with Gasteiger partial charge < -0.3 is 30.5 Å². The molecule has 0 aromatic carbocycles. The number of alkyl halides is 3. The molecule has 18 heteroatoms. The fourth-order valence-corrected chi connectivity index (χ4v) is 4.13. The summed E-state index contributed by atoms with van der Waals surface area (Å²) in [4.78, 5) is 33.0. The van der Waals surface area contributed by atoms with Crippen LogP contribution in [0.1, 0.15) is 11.8 Å². The van der Waals surface area contributed by atoms with Crippen LogP contribution in [0.3, 0.4) is 0 Å². The third-order valence-electron chi connectivity index (χ3n) is 3.27. The van der Waals surface area contributed by atoms with Crippen LogP contribution in [-0.4, -0.2) is 48.9 Å². The summed E-state index contributed by atoms with van der Waals surface area (Å²) in [7, 11) is -9.56. The Balaban J connectivity index is 2.26. The average Bonchev–Trinajstić information content (AvgIpc) is 2.78. The molecule has 164 valence electrons. The van der Waals surface area contributed by atoms with Crippen molar-refractivity contribution in [2.24, 2.45) is 0 Å². The molecule has 6 N–H and O–H groups in total. The minimum absolute atomic E-state index is 0.191. The summed E-state index contributed by atoms with van der Waals surface area (Å²) in [6, 6.07) is 0. The monoisotopic (exact) mass is 467 g/mol. The Morgan fingerprint density at radius 2 is 1.97 bits per heavy atom. The molecule has 0 saturated carbocycles. The van der Waals surface area contributed by atoms with E-state index in [-0.39, 0.29) is 10.8 Å². The van der Waals surface area contributed by atoms with Crippen molar-refractivity contribution in [3.63, 3.8) is 0 Å². The quantitative estimate of drug-likeness (QED) is 0.362. The number of aromatic nitrogens is 2. The summed E-state index contributed by atoms with van der Waals surface area (Å²) in [6.07, 6.45) is -8.85. The second-order valence-electron chi connectivity index (χ2n) is 5.62. The Kier molecular flexibility index (Phi) is 6.22. The number of phosphoric acid groups is 1. The highest BCUT2D eigenvalue weighted by Gasteiger charge is 2.42. The number of anilines is 1. The van der Waals surface area contributed by atoms with Crippen molar-refractivity contribution in [3.05, 3.63) is 33.8 Å². The second kappa shape index (κ2) is 7.72. The summed E-state index contributed by atoms with van der Waals surface area (Å²) in [6.45, 7) is -0.531. The zero-order valence-corrected chi connectivity index (χ0v) is 16.0. The smallest absolute Gasteiger partial charge is 0.479 e. The third kappa shape index (κ3) is 5.57. The number of ether oxygens (including phenoxy) is 1. The Hall–Kier alpha value is -1.93. The van der Waals surface area contributed by atoms with Crippen LogP contribution in [0.15, 0.2) is 22.5 Å². The fraction of sp³-hybridized carbons (Fsp3) is 0.455. The van der Waals surface area contributed by atoms with Crippen LogP contribution < -0.4 is 11.4 Å². The molecule has 4 atom stereocenters. The summed E-state index contributed by atoms with van der Waals surface area (Å²) in [5.41, 5.74) is 2.18. The van der Waals surface area contributed by atoms with E-state index in [1.54, 1.807) is 0 Å². The third-order valence-corrected chi connectivity index (χ3v) is 5.77. The van der Waals surface area contributed by atoms with Crippen LogP contribution >= 0.6 is 15.4 Å². The van der Waals surface area contributed by atoms with E-state index in [1.165, 1.54) is 0 Å². The molecule has 2 heterocycles. The first-order valence-electron chi connectivity index (χ1n) is 7.23. The van der Waals surface area contributed by atoms with Gasteiger partial charge in [0, 0.05) is 12.9 Å². The topological polar surface area (TPSA) is 204 Å². The maximum absolute atomic E-state index is 13.0. The number of hydrogen-bond donors (Lipinski definition) is 5. The molecule has 13 nitrogen and oxygen atoms in total. The molecule has 0 radical (unpaired) electrons. The van der Waals surface area contributed by atoms with Crippen molar-refractivity contribution in [2.75, 3.05) is 19.0 Å². The number of rotatable bonds is 6. The highest BCUT2D eigenvalue weighted by molar-refractivity contribution is 7.63. The molecule has 1 aliphatic heterocycles. The van der Waals surface area contributed by atoms with Gasteiger partial charge in [0.25, 0.3) is 0 Å². The van der Waals surface area contributed by atoms with E-state index in [2.05, 4.69) is 13.8 Å². The molecule has 0 fully saturated rings. The van der Waals surface area contributed by atoms with E-state index in [0.717, 1.165) is 0 Å². The van der Waals surface area contributed by atoms with E-state index in [0.29, 0.717) is 6.66 Å². The number of aliphatic hydroxyl groups is 2. The predicted molar refractivity (Wildman–Crippen MR) is 86.3 cm³/mol. The largest absolute Gasteiger partial charge is 0.506 e. The number of phosphoric ester groups is 1. The highest BCUT2D eigenvalue weighted by atomic mass is 31.3. The van der Waals surface area contributed by atoms with Crippen LogP contribution in [0.2, 0.25) is 0 Å². The molecule has 0 spiro atoms. The van der Waals surface area contributed by atoms with Gasteiger partial charge in [-0.05, 0) is 0 Å². The van der Waals surface area contributed by atoms with E-state index < -0.39 is 69.1 Å². The van der Waals surface area contributed by atoms with Crippen LogP contribution in [0.4, 0.5) is 19.0 Å². The number of nitrogens with two attached hydrogens (primary N) is 1. The van der Waals surface area contributed by atoms with Gasteiger partial charge >= 0.3 is 27.3 Å². The lowest BCUT2D eigenvalue weighted by molar-refractivity contribution is -0.138. The molecule has 1 aromatic heterocycles. The lowest BCUT2D eigenvalue weighted by Crippen LogP contribution is -2.34. The van der Waals surface area contributed by atoms with Gasteiger partial charge in [0.1, 0.15) is 18.0 Å². The minimum atomic E-state index is -5.12. The summed E-state index contributed by atoms with van der Waals surface area (Å²) >= 11 is 0. The minimum Gasteiger partial charge on any atom is -0.506 e. The molecule has 0 amide bonds. The maximum atomic E-state index is 13.0. The zero-order chi connectivity index (χ0) is 22.4. The number of halogens is 3. The Morgan fingerprint density at radius 1 is 1.38 bits per heavy atom. The first-order valence-corrected chi connectivity index (χ1v) is 10.8. The molecule has 3 unspecified atom stereocenters. The number of nitrogens with zero attached hydrogens (tertiary/aromatic N) is 2. The van der Waals surface area contributed by atoms with Crippen LogP contribution in [0, 0.1) is 0 Å². The van der Waals surface area contributed by atoms with Crippen molar-refractivity contribution >= 4 is 21.2 Å². The normalized spacial score (nSPS) is 24.1. The Labute approximate surface area is 158 Å². The van der Waals surface area contributed by atoms with Crippen molar-refractivity contribution in [3.8, 4) is 0 Å². The Morgan fingerprint density at radius 3 is 2.48 bits per heavy atom. The molecule has 0 saturated heterocycles. The molecule has 0 aliphatic carbocycles. The Bertz CT molecular complexity index is 987. The van der Waals surface area contributed by atoms with Crippen LogP contribution in [0.5, 0.6) is 0 Å². The van der Waals surface area contributed by atoms with Crippen molar-refractivity contribution < 1.29 is 55.9 Å².